The second-order valence-electron chi connectivity index (χ2n) is 2.33. The molecule has 84 valence electrons. The summed E-state index contributed by atoms with van der Waals surface area (Å²) >= 11 is 0.879. The Kier molecular flexibility index (Phi) is 3.84. The Hall–Kier alpha value is -1.37. The van der Waals surface area contributed by atoms with Crippen molar-refractivity contribution in [1.82, 2.24) is 0 Å². The van der Waals surface area contributed by atoms with Crippen molar-refractivity contribution in [3.8, 4) is 10.8 Å². The number of carbonyl (C=O) groups excluding carboxylic acids is 1. The van der Waals surface area contributed by atoms with E-state index in [1.807, 2.05) is 0 Å². The third-order valence-corrected chi connectivity index (χ3v) is 2.52. The van der Waals surface area contributed by atoms with Gasteiger partial charge in [0.25, 0.3) is 0 Å². The summed E-state index contributed by atoms with van der Waals surface area (Å²) in [6.07, 6.45) is 0. The van der Waals surface area contributed by atoms with Gasteiger partial charge in [-0.2, -0.15) is 8.78 Å². The number of halogens is 2. The number of alkyl halides is 2. The lowest BCUT2D eigenvalue weighted by Crippen LogP contribution is -2.06. The van der Waals surface area contributed by atoms with Gasteiger partial charge in [0.15, 0.2) is 15.7 Å². The molecule has 0 saturated heterocycles. The number of esters is 1. The van der Waals surface area contributed by atoms with E-state index in [4.69, 9.17) is 4.74 Å². The zero-order valence-electron chi connectivity index (χ0n) is 7.95. The minimum atomic E-state index is -2.99. The van der Waals surface area contributed by atoms with Gasteiger partial charge in [0.05, 0.1) is 14.2 Å². The molecule has 0 fully saturated rings. The van der Waals surface area contributed by atoms with Gasteiger partial charge in [0.2, 0.25) is 0 Å². The minimum absolute atomic E-state index is 0.0466. The van der Waals surface area contributed by atoms with Gasteiger partial charge in [-0.1, -0.05) is 11.3 Å². The van der Waals surface area contributed by atoms with Gasteiger partial charge >= 0.3 is 12.6 Å². The Morgan fingerprint density at radius 1 is 1.47 bits per heavy atom. The van der Waals surface area contributed by atoms with E-state index < -0.39 is 12.6 Å². The van der Waals surface area contributed by atoms with E-state index in [1.165, 1.54) is 13.2 Å². The zero-order valence-corrected chi connectivity index (χ0v) is 8.77. The average molecular weight is 238 g/mol. The first-order valence-electron chi connectivity index (χ1n) is 3.79. The van der Waals surface area contributed by atoms with Gasteiger partial charge in [-0.3, -0.25) is 0 Å². The molecule has 0 aliphatic carbocycles. The summed E-state index contributed by atoms with van der Waals surface area (Å²) < 4.78 is 37.3. The van der Waals surface area contributed by atoms with Crippen LogP contribution in [0.25, 0.3) is 0 Å². The zero-order chi connectivity index (χ0) is 11.4. The van der Waals surface area contributed by atoms with Crippen LogP contribution in [0.5, 0.6) is 10.8 Å². The molecule has 0 aromatic carbocycles. The van der Waals surface area contributed by atoms with Crippen LogP contribution in [0.15, 0.2) is 6.07 Å². The third kappa shape index (κ3) is 2.79. The normalized spacial score (nSPS) is 10.2. The molecule has 1 aromatic heterocycles. The van der Waals surface area contributed by atoms with Gasteiger partial charge in [0.1, 0.15) is 0 Å². The Labute approximate surface area is 88.4 Å². The van der Waals surface area contributed by atoms with E-state index in [0.29, 0.717) is 5.06 Å². The first-order valence-corrected chi connectivity index (χ1v) is 4.61. The fourth-order valence-corrected chi connectivity index (χ4v) is 1.70. The summed E-state index contributed by atoms with van der Waals surface area (Å²) in [6, 6.07) is 1.21. The molecule has 1 heterocycles. The molecule has 1 rings (SSSR count). The lowest BCUT2D eigenvalue weighted by Gasteiger charge is -2.03. The standard InChI is InChI=1S/C8H8F2O4S/c1-12-5-3-4(14-8(9)10)6(15-5)7(11)13-2/h3,8H,1-2H3. The van der Waals surface area contributed by atoms with Crippen molar-refractivity contribution >= 4 is 17.3 Å². The van der Waals surface area contributed by atoms with Crippen molar-refractivity contribution < 1.29 is 27.8 Å². The van der Waals surface area contributed by atoms with E-state index in [9.17, 15) is 13.6 Å². The van der Waals surface area contributed by atoms with Crippen molar-refractivity contribution in [2.45, 2.75) is 6.61 Å². The van der Waals surface area contributed by atoms with E-state index in [1.54, 1.807) is 0 Å². The molecule has 0 spiro atoms. The molecular formula is C8H8F2O4S. The van der Waals surface area contributed by atoms with Crippen molar-refractivity contribution in [2.75, 3.05) is 14.2 Å². The van der Waals surface area contributed by atoms with E-state index in [0.717, 1.165) is 18.4 Å². The Bertz CT molecular complexity index is 350. The number of hydrogen-bond donors (Lipinski definition) is 0. The summed E-state index contributed by atoms with van der Waals surface area (Å²) in [5.41, 5.74) is 0. The van der Waals surface area contributed by atoms with Crippen molar-refractivity contribution in [1.29, 1.82) is 0 Å². The van der Waals surface area contributed by atoms with Gasteiger partial charge in [-0.05, 0) is 0 Å². The number of carbonyl (C=O) groups is 1. The Morgan fingerprint density at radius 2 is 2.13 bits per heavy atom. The van der Waals surface area contributed by atoms with Gasteiger partial charge < -0.3 is 14.2 Å². The number of hydrogen-bond acceptors (Lipinski definition) is 5. The summed E-state index contributed by atoms with van der Waals surface area (Å²) in [5.74, 6) is -0.974. The van der Waals surface area contributed by atoms with Crippen LogP contribution in [-0.4, -0.2) is 26.8 Å². The average Bonchev–Trinajstić information content (AvgIpc) is 2.59. The number of ether oxygens (including phenoxy) is 3. The highest BCUT2D eigenvalue weighted by molar-refractivity contribution is 7.16. The summed E-state index contributed by atoms with van der Waals surface area (Å²) in [7, 11) is 2.51. The molecule has 0 unspecified atom stereocenters. The van der Waals surface area contributed by atoms with E-state index >= 15 is 0 Å². The lowest BCUT2D eigenvalue weighted by molar-refractivity contribution is -0.0500. The predicted octanol–water partition coefficient (Wildman–Crippen LogP) is 2.14. The molecule has 7 heteroatoms. The number of methoxy groups -OCH3 is 2. The Morgan fingerprint density at radius 3 is 2.60 bits per heavy atom. The number of thiophene rings is 1. The van der Waals surface area contributed by atoms with Gasteiger partial charge in [-0.25, -0.2) is 4.79 Å². The van der Waals surface area contributed by atoms with E-state index in [2.05, 4.69) is 9.47 Å². The monoisotopic (exact) mass is 238 g/mol. The third-order valence-electron chi connectivity index (χ3n) is 1.46. The smallest absolute Gasteiger partial charge is 0.387 e. The predicted molar refractivity (Wildman–Crippen MR) is 48.8 cm³/mol. The van der Waals surface area contributed by atoms with Crippen LogP contribution in [0.3, 0.4) is 0 Å². The quantitative estimate of drug-likeness (QED) is 0.754. The first-order chi connectivity index (χ1) is 7.08. The molecule has 0 aliphatic heterocycles. The maximum atomic E-state index is 12.0. The molecule has 0 radical (unpaired) electrons. The molecule has 15 heavy (non-hydrogen) atoms. The maximum absolute atomic E-state index is 12.0. The van der Waals surface area contributed by atoms with Crippen molar-refractivity contribution in [3.05, 3.63) is 10.9 Å². The molecule has 1 aromatic rings. The van der Waals surface area contributed by atoms with Crippen LogP contribution >= 0.6 is 11.3 Å². The summed E-state index contributed by atoms with van der Waals surface area (Å²) in [5, 5.41) is 0.297. The second-order valence-corrected chi connectivity index (χ2v) is 3.35. The van der Waals surface area contributed by atoms with Crippen LogP contribution in [0.2, 0.25) is 0 Å². The van der Waals surface area contributed by atoms with Crippen LogP contribution in [0.1, 0.15) is 9.67 Å². The first kappa shape index (κ1) is 11.7. The van der Waals surface area contributed by atoms with Crippen molar-refractivity contribution in [3.63, 3.8) is 0 Å². The van der Waals surface area contributed by atoms with Crippen LogP contribution in [-0.2, 0) is 4.74 Å². The van der Waals surface area contributed by atoms with Gasteiger partial charge in [0, 0.05) is 6.07 Å². The molecule has 0 amide bonds. The molecule has 0 aliphatic rings. The Balaban J connectivity index is 3.00. The topological polar surface area (TPSA) is 44.8 Å². The highest BCUT2D eigenvalue weighted by Gasteiger charge is 2.21. The number of rotatable bonds is 4. The fraction of sp³-hybridized carbons (Fsp3) is 0.375. The van der Waals surface area contributed by atoms with Crippen LogP contribution in [0.4, 0.5) is 8.78 Å². The van der Waals surface area contributed by atoms with Crippen LogP contribution in [0, 0.1) is 0 Å². The minimum Gasteiger partial charge on any atom is -0.487 e. The van der Waals surface area contributed by atoms with Crippen LogP contribution < -0.4 is 9.47 Å². The highest BCUT2D eigenvalue weighted by Crippen LogP contribution is 2.36. The van der Waals surface area contributed by atoms with E-state index in [-0.39, 0.29) is 10.6 Å². The SMILES string of the molecule is COC(=O)c1sc(OC)cc1OC(F)F. The maximum Gasteiger partial charge on any atom is 0.387 e. The molecular weight excluding hydrogens is 230 g/mol. The second kappa shape index (κ2) is 4.92. The molecule has 0 N–H and O–H groups in total. The molecule has 4 nitrogen and oxygen atoms in total. The highest BCUT2D eigenvalue weighted by atomic mass is 32.1. The summed E-state index contributed by atoms with van der Waals surface area (Å²) in [4.78, 5) is 11.1. The summed E-state index contributed by atoms with van der Waals surface area (Å²) in [6.45, 7) is -2.99. The van der Waals surface area contributed by atoms with Crippen molar-refractivity contribution in [2.24, 2.45) is 0 Å². The molecule has 0 bridgehead atoms. The molecule has 0 saturated carbocycles. The van der Waals surface area contributed by atoms with Gasteiger partial charge in [-0.15, -0.1) is 0 Å². The molecule has 0 atom stereocenters. The largest absolute Gasteiger partial charge is 0.487 e. The lowest BCUT2D eigenvalue weighted by atomic mass is 10.4. The fourth-order valence-electron chi connectivity index (χ4n) is 0.872.